The van der Waals surface area contributed by atoms with Gasteiger partial charge in [0.1, 0.15) is 0 Å². The molecule has 0 amide bonds. The summed E-state index contributed by atoms with van der Waals surface area (Å²) in [6.07, 6.45) is 0.327. The van der Waals surface area contributed by atoms with Crippen molar-refractivity contribution in [3.63, 3.8) is 0 Å². The van der Waals surface area contributed by atoms with Crippen molar-refractivity contribution in [1.82, 2.24) is 0 Å². The standard InChI is InChI=1S/C14H18O3/c1-9(8-14(16)17)7-13(15)12-6-4-5-10(2)11(12)3/h4-6,9H,7-8H2,1-3H3,(H,16,17). The molecule has 0 aromatic heterocycles. The Morgan fingerprint density at radius 2 is 1.88 bits per heavy atom. The predicted molar refractivity (Wildman–Crippen MR) is 66.3 cm³/mol. The lowest BCUT2D eigenvalue weighted by Gasteiger charge is -2.10. The highest BCUT2D eigenvalue weighted by atomic mass is 16.4. The minimum atomic E-state index is -0.855. The predicted octanol–water partition coefficient (Wildman–Crippen LogP) is 2.99. The summed E-state index contributed by atoms with van der Waals surface area (Å²) in [4.78, 5) is 22.6. The molecule has 0 radical (unpaired) electrons. The van der Waals surface area contributed by atoms with Gasteiger partial charge in [0.05, 0.1) is 0 Å². The quantitative estimate of drug-likeness (QED) is 0.797. The molecular weight excluding hydrogens is 216 g/mol. The van der Waals surface area contributed by atoms with Crippen LogP contribution in [0.5, 0.6) is 0 Å². The molecule has 1 aromatic rings. The average Bonchev–Trinajstić information content (AvgIpc) is 2.20. The van der Waals surface area contributed by atoms with Gasteiger partial charge in [-0.05, 0) is 30.9 Å². The third-order valence-corrected chi connectivity index (χ3v) is 2.96. The van der Waals surface area contributed by atoms with Gasteiger partial charge in [-0.3, -0.25) is 9.59 Å². The van der Waals surface area contributed by atoms with Crippen molar-refractivity contribution in [2.24, 2.45) is 5.92 Å². The third kappa shape index (κ3) is 3.70. The highest BCUT2D eigenvalue weighted by Gasteiger charge is 2.15. The van der Waals surface area contributed by atoms with E-state index in [9.17, 15) is 9.59 Å². The van der Waals surface area contributed by atoms with Crippen molar-refractivity contribution in [3.8, 4) is 0 Å². The SMILES string of the molecule is Cc1cccc(C(=O)CC(C)CC(=O)O)c1C. The van der Waals surface area contributed by atoms with Crippen molar-refractivity contribution in [2.45, 2.75) is 33.6 Å². The van der Waals surface area contributed by atoms with E-state index in [2.05, 4.69) is 0 Å². The second-order valence-corrected chi connectivity index (χ2v) is 4.58. The van der Waals surface area contributed by atoms with Crippen molar-refractivity contribution in [3.05, 3.63) is 34.9 Å². The molecule has 0 aliphatic rings. The fraction of sp³-hybridized carbons (Fsp3) is 0.429. The number of hydrogen-bond acceptors (Lipinski definition) is 2. The Bertz CT molecular complexity index is 435. The van der Waals surface area contributed by atoms with E-state index in [1.807, 2.05) is 26.0 Å². The number of carboxylic acid groups (broad SMARTS) is 1. The van der Waals surface area contributed by atoms with Gasteiger partial charge in [-0.1, -0.05) is 25.1 Å². The summed E-state index contributed by atoms with van der Waals surface area (Å²) in [5.74, 6) is -0.953. The van der Waals surface area contributed by atoms with Crippen LogP contribution in [0.4, 0.5) is 0 Å². The average molecular weight is 234 g/mol. The maximum Gasteiger partial charge on any atom is 0.303 e. The summed E-state index contributed by atoms with van der Waals surface area (Å²) in [6.45, 7) is 5.67. The van der Waals surface area contributed by atoms with E-state index in [-0.39, 0.29) is 24.5 Å². The van der Waals surface area contributed by atoms with Crippen molar-refractivity contribution in [2.75, 3.05) is 0 Å². The summed E-state index contributed by atoms with van der Waals surface area (Å²) in [5.41, 5.74) is 2.78. The summed E-state index contributed by atoms with van der Waals surface area (Å²) >= 11 is 0. The minimum Gasteiger partial charge on any atom is -0.481 e. The fourth-order valence-corrected chi connectivity index (χ4v) is 1.85. The molecule has 1 N–H and O–H groups in total. The molecular formula is C14H18O3. The zero-order valence-corrected chi connectivity index (χ0v) is 10.5. The normalized spacial score (nSPS) is 12.2. The summed E-state index contributed by atoms with van der Waals surface area (Å²) < 4.78 is 0. The van der Waals surface area contributed by atoms with Gasteiger partial charge in [-0.15, -0.1) is 0 Å². The Kier molecular flexibility index (Phi) is 4.44. The first-order chi connectivity index (χ1) is 7.91. The van der Waals surface area contributed by atoms with E-state index < -0.39 is 5.97 Å². The Morgan fingerprint density at radius 3 is 2.47 bits per heavy atom. The van der Waals surface area contributed by atoms with Gasteiger partial charge >= 0.3 is 5.97 Å². The van der Waals surface area contributed by atoms with Crippen LogP contribution >= 0.6 is 0 Å². The molecule has 3 nitrogen and oxygen atoms in total. The Balaban J connectivity index is 2.77. The van der Waals surface area contributed by atoms with Crippen LogP contribution in [0.2, 0.25) is 0 Å². The smallest absolute Gasteiger partial charge is 0.303 e. The van der Waals surface area contributed by atoms with Crippen molar-refractivity contribution >= 4 is 11.8 Å². The van der Waals surface area contributed by atoms with E-state index in [0.29, 0.717) is 5.56 Å². The Morgan fingerprint density at radius 1 is 1.24 bits per heavy atom. The van der Waals surface area contributed by atoms with Gasteiger partial charge in [0, 0.05) is 18.4 Å². The lowest BCUT2D eigenvalue weighted by Crippen LogP contribution is -2.11. The first kappa shape index (κ1) is 13.4. The summed E-state index contributed by atoms with van der Waals surface area (Å²) in [6, 6.07) is 5.63. The lowest BCUT2D eigenvalue weighted by molar-refractivity contribution is -0.137. The van der Waals surface area contributed by atoms with Crippen LogP contribution in [-0.2, 0) is 4.79 Å². The molecule has 0 saturated heterocycles. The monoisotopic (exact) mass is 234 g/mol. The molecule has 3 heteroatoms. The Labute approximate surface area is 101 Å². The number of rotatable bonds is 5. The molecule has 0 aliphatic heterocycles. The van der Waals surface area contributed by atoms with E-state index in [4.69, 9.17) is 5.11 Å². The second-order valence-electron chi connectivity index (χ2n) is 4.58. The van der Waals surface area contributed by atoms with Crippen LogP contribution in [0.1, 0.15) is 41.3 Å². The van der Waals surface area contributed by atoms with E-state index in [1.54, 1.807) is 13.0 Å². The first-order valence-corrected chi connectivity index (χ1v) is 5.73. The van der Waals surface area contributed by atoms with Crippen LogP contribution in [-0.4, -0.2) is 16.9 Å². The second kappa shape index (κ2) is 5.62. The Hall–Kier alpha value is -1.64. The third-order valence-electron chi connectivity index (χ3n) is 2.96. The number of Topliss-reactive ketones (excluding diaryl/α,β-unsaturated/α-hetero) is 1. The van der Waals surface area contributed by atoms with Crippen LogP contribution in [0.3, 0.4) is 0 Å². The molecule has 0 bridgehead atoms. The van der Waals surface area contributed by atoms with E-state index in [0.717, 1.165) is 11.1 Å². The lowest BCUT2D eigenvalue weighted by atomic mass is 9.93. The highest BCUT2D eigenvalue weighted by Crippen LogP contribution is 2.18. The summed E-state index contributed by atoms with van der Waals surface area (Å²) in [5, 5.41) is 8.65. The number of carboxylic acids is 1. The van der Waals surface area contributed by atoms with Crippen LogP contribution in [0.25, 0.3) is 0 Å². The van der Waals surface area contributed by atoms with Gasteiger partial charge in [-0.2, -0.15) is 0 Å². The number of carbonyl (C=O) groups excluding carboxylic acids is 1. The number of aliphatic carboxylic acids is 1. The number of aryl methyl sites for hydroxylation is 1. The van der Waals surface area contributed by atoms with Crippen LogP contribution in [0, 0.1) is 19.8 Å². The van der Waals surface area contributed by atoms with Crippen molar-refractivity contribution in [1.29, 1.82) is 0 Å². The molecule has 0 fully saturated rings. The largest absolute Gasteiger partial charge is 0.481 e. The first-order valence-electron chi connectivity index (χ1n) is 5.73. The van der Waals surface area contributed by atoms with Crippen LogP contribution in [0.15, 0.2) is 18.2 Å². The van der Waals surface area contributed by atoms with Gasteiger partial charge in [0.15, 0.2) is 5.78 Å². The maximum atomic E-state index is 12.0. The molecule has 0 aliphatic carbocycles. The van der Waals surface area contributed by atoms with Gasteiger partial charge in [0.25, 0.3) is 0 Å². The molecule has 92 valence electrons. The fourth-order valence-electron chi connectivity index (χ4n) is 1.85. The van der Waals surface area contributed by atoms with E-state index in [1.165, 1.54) is 0 Å². The molecule has 1 unspecified atom stereocenters. The van der Waals surface area contributed by atoms with Gasteiger partial charge < -0.3 is 5.11 Å². The zero-order chi connectivity index (χ0) is 13.0. The summed E-state index contributed by atoms with van der Waals surface area (Å²) in [7, 11) is 0. The molecule has 1 rings (SSSR count). The molecule has 1 atom stereocenters. The maximum absolute atomic E-state index is 12.0. The van der Waals surface area contributed by atoms with Gasteiger partial charge in [-0.25, -0.2) is 0 Å². The van der Waals surface area contributed by atoms with Crippen LogP contribution < -0.4 is 0 Å². The van der Waals surface area contributed by atoms with Crippen molar-refractivity contribution < 1.29 is 14.7 Å². The molecule has 0 saturated carbocycles. The molecule has 0 heterocycles. The van der Waals surface area contributed by atoms with E-state index >= 15 is 0 Å². The zero-order valence-electron chi connectivity index (χ0n) is 10.5. The van der Waals surface area contributed by atoms with Gasteiger partial charge in [0.2, 0.25) is 0 Å². The molecule has 17 heavy (non-hydrogen) atoms. The number of hydrogen-bond donors (Lipinski definition) is 1. The number of ketones is 1. The number of carbonyl (C=O) groups is 2. The molecule has 1 aromatic carbocycles. The molecule has 0 spiro atoms. The minimum absolute atomic E-state index is 0.0277. The number of benzene rings is 1. The highest BCUT2D eigenvalue weighted by molar-refractivity contribution is 5.98. The topological polar surface area (TPSA) is 54.4 Å².